The van der Waals surface area contributed by atoms with E-state index in [2.05, 4.69) is 4.98 Å². The van der Waals surface area contributed by atoms with Gasteiger partial charge in [0.2, 0.25) is 0 Å². The van der Waals surface area contributed by atoms with Crippen molar-refractivity contribution in [1.82, 2.24) is 4.98 Å². The van der Waals surface area contributed by atoms with Crippen LogP contribution in [0.4, 0.5) is 8.78 Å². The molecule has 0 aliphatic carbocycles. The van der Waals surface area contributed by atoms with Crippen LogP contribution in [0.15, 0.2) is 6.07 Å². The highest BCUT2D eigenvalue weighted by atomic mass is 127. The molecule has 0 radical (unpaired) electrons. The molecule has 0 spiro atoms. The first-order valence-electron chi connectivity index (χ1n) is 3.58. The fourth-order valence-electron chi connectivity index (χ4n) is 0.919. The van der Waals surface area contributed by atoms with E-state index in [0.29, 0.717) is 6.29 Å². The minimum absolute atomic E-state index is 0.0509. The Hall–Kier alpha value is -0.300. The first-order valence-corrected chi connectivity index (χ1v) is 5.20. The van der Waals surface area contributed by atoms with Crippen molar-refractivity contribution in [1.29, 1.82) is 0 Å². The Morgan fingerprint density at radius 1 is 1.64 bits per heavy atom. The van der Waals surface area contributed by atoms with E-state index >= 15 is 0 Å². The maximum Gasteiger partial charge on any atom is 0.281 e. The molecule has 0 atom stereocenters. The highest BCUT2D eigenvalue weighted by Gasteiger charge is 2.16. The first-order chi connectivity index (χ1) is 6.60. The van der Waals surface area contributed by atoms with Crippen LogP contribution in [0.3, 0.4) is 0 Å². The lowest BCUT2D eigenvalue weighted by Gasteiger charge is -2.06. The molecule has 0 aromatic carbocycles. The lowest BCUT2D eigenvalue weighted by atomic mass is 10.2. The third kappa shape index (κ3) is 2.38. The molecule has 0 amide bonds. The Kier molecular flexibility index (Phi) is 4.18. The van der Waals surface area contributed by atoms with Crippen LogP contribution in [0.5, 0.6) is 0 Å². The van der Waals surface area contributed by atoms with Gasteiger partial charge in [-0.1, -0.05) is 0 Å². The fourth-order valence-corrected chi connectivity index (χ4v) is 1.82. The third-order valence-corrected chi connectivity index (χ3v) is 2.69. The Labute approximate surface area is 97.8 Å². The number of alkyl halides is 3. The lowest BCUT2D eigenvalue weighted by molar-refractivity contribution is 0.112. The van der Waals surface area contributed by atoms with Crippen molar-refractivity contribution >= 4 is 40.5 Å². The van der Waals surface area contributed by atoms with Crippen LogP contribution < -0.4 is 0 Å². The monoisotopic (exact) mass is 331 g/mol. The Bertz CT molecular complexity index is 359. The summed E-state index contributed by atoms with van der Waals surface area (Å²) in [6.07, 6.45) is -2.09. The standard InChI is InChI=1S/C8H5ClF2INO/c9-2-6-4(3-14)1-5(12)7(13-6)8(10)11/h1,3,8H,2H2. The molecule has 14 heavy (non-hydrogen) atoms. The molecule has 0 aliphatic heterocycles. The van der Waals surface area contributed by atoms with Gasteiger partial charge in [0.15, 0.2) is 6.29 Å². The molecule has 0 aliphatic rings. The first kappa shape index (κ1) is 11.8. The van der Waals surface area contributed by atoms with E-state index in [1.54, 1.807) is 22.6 Å². The minimum Gasteiger partial charge on any atom is -0.298 e. The molecule has 1 heterocycles. The zero-order chi connectivity index (χ0) is 10.7. The van der Waals surface area contributed by atoms with Gasteiger partial charge in [-0.05, 0) is 28.7 Å². The molecule has 2 nitrogen and oxygen atoms in total. The molecule has 0 saturated carbocycles. The smallest absolute Gasteiger partial charge is 0.281 e. The normalized spacial score (nSPS) is 10.6. The van der Waals surface area contributed by atoms with Crippen molar-refractivity contribution in [3.8, 4) is 0 Å². The summed E-state index contributed by atoms with van der Waals surface area (Å²) >= 11 is 7.18. The van der Waals surface area contributed by atoms with E-state index in [9.17, 15) is 13.6 Å². The summed E-state index contributed by atoms with van der Waals surface area (Å²) in [6, 6.07) is 1.36. The summed E-state index contributed by atoms with van der Waals surface area (Å²) in [5.41, 5.74) is 0.123. The highest BCUT2D eigenvalue weighted by molar-refractivity contribution is 14.1. The number of carbonyl (C=O) groups excluding carboxylic acids is 1. The summed E-state index contributed by atoms with van der Waals surface area (Å²) < 4.78 is 25.0. The van der Waals surface area contributed by atoms with Gasteiger partial charge in [-0.3, -0.25) is 4.79 Å². The summed E-state index contributed by atoms with van der Waals surface area (Å²) in [7, 11) is 0. The van der Waals surface area contributed by atoms with Crippen molar-refractivity contribution in [2.45, 2.75) is 12.3 Å². The summed E-state index contributed by atoms with van der Waals surface area (Å²) in [6.45, 7) is 0. The molecular formula is C8H5ClF2INO. The van der Waals surface area contributed by atoms with Crippen LogP contribution in [0.2, 0.25) is 0 Å². The molecule has 0 fully saturated rings. The maximum absolute atomic E-state index is 12.4. The molecule has 0 bridgehead atoms. The molecule has 1 aromatic heterocycles. The zero-order valence-corrected chi connectivity index (χ0v) is 9.72. The molecule has 0 N–H and O–H groups in total. The average molecular weight is 331 g/mol. The van der Waals surface area contributed by atoms with Crippen LogP contribution in [0, 0.1) is 3.57 Å². The summed E-state index contributed by atoms with van der Waals surface area (Å²) in [4.78, 5) is 14.2. The van der Waals surface area contributed by atoms with Crippen molar-refractivity contribution in [2.24, 2.45) is 0 Å². The molecule has 76 valence electrons. The van der Waals surface area contributed by atoms with Gasteiger partial charge in [0.05, 0.1) is 11.6 Å². The lowest BCUT2D eigenvalue weighted by Crippen LogP contribution is -2.02. The number of hydrogen-bond acceptors (Lipinski definition) is 2. The van der Waals surface area contributed by atoms with E-state index in [1.165, 1.54) is 6.07 Å². The SMILES string of the molecule is O=Cc1cc(I)c(C(F)F)nc1CCl. The van der Waals surface area contributed by atoms with E-state index in [4.69, 9.17) is 11.6 Å². The van der Waals surface area contributed by atoms with Crippen LogP contribution in [-0.4, -0.2) is 11.3 Å². The van der Waals surface area contributed by atoms with Gasteiger partial charge >= 0.3 is 0 Å². The van der Waals surface area contributed by atoms with E-state index in [1.807, 2.05) is 0 Å². The second-order valence-electron chi connectivity index (χ2n) is 2.44. The van der Waals surface area contributed by atoms with Gasteiger partial charge in [0.25, 0.3) is 6.43 Å². The average Bonchev–Trinajstić information content (AvgIpc) is 2.16. The number of carbonyl (C=O) groups is 1. The van der Waals surface area contributed by atoms with Crippen molar-refractivity contribution < 1.29 is 13.6 Å². The van der Waals surface area contributed by atoms with Crippen LogP contribution in [-0.2, 0) is 5.88 Å². The van der Waals surface area contributed by atoms with Gasteiger partial charge in [-0.15, -0.1) is 11.6 Å². The van der Waals surface area contributed by atoms with Crippen LogP contribution in [0.1, 0.15) is 28.2 Å². The van der Waals surface area contributed by atoms with E-state index in [0.717, 1.165) is 0 Å². The number of aromatic nitrogens is 1. The van der Waals surface area contributed by atoms with Crippen molar-refractivity contribution in [3.05, 3.63) is 26.6 Å². The molecular weight excluding hydrogens is 326 g/mol. The van der Waals surface area contributed by atoms with Gasteiger partial charge in [-0.25, -0.2) is 13.8 Å². The summed E-state index contributed by atoms with van der Waals surface area (Å²) in [5, 5.41) is 0. The molecule has 0 saturated heterocycles. The molecule has 1 rings (SSSR count). The van der Waals surface area contributed by atoms with Gasteiger partial charge in [-0.2, -0.15) is 0 Å². The second kappa shape index (κ2) is 4.97. The van der Waals surface area contributed by atoms with Gasteiger partial charge in [0, 0.05) is 9.13 Å². The van der Waals surface area contributed by atoms with Crippen LogP contribution >= 0.6 is 34.2 Å². The highest BCUT2D eigenvalue weighted by Crippen LogP contribution is 2.24. The van der Waals surface area contributed by atoms with E-state index < -0.39 is 6.43 Å². The maximum atomic E-state index is 12.4. The molecule has 0 unspecified atom stereocenters. The van der Waals surface area contributed by atoms with Crippen LogP contribution in [0.25, 0.3) is 0 Å². The second-order valence-corrected chi connectivity index (χ2v) is 3.87. The van der Waals surface area contributed by atoms with Crippen molar-refractivity contribution in [3.63, 3.8) is 0 Å². The minimum atomic E-state index is -2.65. The zero-order valence-electron chi connectivity index (χ0n) is 6.81. The Morgan fingerprint density at radius 2 is 2.29 bits per heavy atom. The van der Waals surface area contributed by atoms with Gasteiger partial charge in [0.1, 0.15) is 5.69 Å². The number of hydrogen-bond donors (Lipinski definition) is 0. The number of pyridine rings is 1. The predicted molar refractivity (Wildman–Crippen MR) is 56.9 cm³/mol. The quantitative estimate of drug-likeness (QED) is 0.484. The Balaban J connectivity index is 3.30. The number of halogens is 4. The number of aldehydes is 1. The fraction of sp³-hybridized carbons (Fsp3) is 0.250. The van der Waals surface area contributed by atoms with E-state index in [-0.39, 0.29) is 26.4 Å². The number of rotatable bonds is 3. The molecule has 6 heteroatoms. The third-order valence-electron chi connectivity index (χ3n) is 1.58. The summed E-state index contributed by atoms with van der Waals surface area (Å²) in [5.74, 6) is -0.0509. The largest absolute Gasteiger partial charge is 0.298 e. The van der Waals surface area contributed by atoms with Crippen molar-refractivity contribution in [2.75, 3.05) is 0 Å². The predicted octanol–water partition coefficient (Wildman–Crippen LogP) is 3.18. The topological polar surface area (TPSA) is 30.0 Å². The Morgan fingerprint density at radius 3 is 2.71 bits per heavy atom. The molecule has 1 aromatic rings. The van der Waals surface area contributed by atoms with Gasteiger partial charge < -0.3 is 0 Å². The number of nitrogens with zero attached hydrogens (tertiary/aromatic N) is 1.